The zero-order valence-electron chi connectivity index (χ0n) is 18.4. The van der Waals surface area contributed by atoms with Gasteiger partial charge in [-0.2, -0.15) is 0 Å². The average Bonchev–Trinajstić information content (AvgIpc) is 3.25. The van der Waals surface area contributed by atoms with E-state index in [2.05, 4.69) is 15.3 Å². The van der Waals surface area contributed by atoms with E-state index in [1.54, 1.807) is 48.1 Å². The Bertz CT molecular complexity index is 1400. The lowest BCUT2D eigenvalue weighted by Crippen LogP contribution is -2.53. The fraction of sp³-hybridized carbons (Fsp3) is 0.292. The molecule has 7 nitrogen and oxygen atoms in total. The normalized spacial score (nSPS) is 20.1. The number of imidazole rings is 2. The number of aromatic nitrogens is 4. The molecule has 0 spiro atoms. The summed E-state index contributed by atoms with van der Waals surface area (Å²) in [6.07, 6.45) is 4.36. The number of nitrogens with one attached hydrogen (secondary N) is 1. The molecular formula is C24H23ClFN5O2. The van der Waals surface area contributed by atoms with Crippen LogP contribution in [0.2, 0.25) is 5.15 Å². The lowest BCUT2D eigenvalue weighted by molar-refractivity contribution is -0.0366. The number of aryl methyl sites for hydroxylation is 1. The second kappa shape index (κ2) is 7.67. The van der Waals surface area contributed by atoms with Crippen LogP contribution in [0.5, 0.6) is 0 Å². The van der Waals surface area contributed by atoms with Gasteiger partial charge in [-0.1, -0.05) is 23.7 Å². The molecule has 0 aliphatic heterocycles. The number of pyridine rings is 1. The van der Waals surface area contributed by atoms with Gasteiger partial charge >= 0.3 is 0 Å². The first-order valence-corrected chi connectivity index (χ1v) is 11.0. The molecular weight excluding hydrogens is 445 g/mol. The maximum absolute atomic E-state index is 15.1. The van der Waals surface area contributed by atoms with Crippen molar-refractivity contribution in [1.82, 2.24) is 24.3 Å². The monoisotopic (exact) mass is 467 g/mol. The third-order valence-corrected chi connectivity index (χ3v) is 6.64. The Morgan fingerprint density at radius 1 is 1.30 bits per heavy atom. The molecule has 0 atom stereocenters. The van der Waals surface area contributed by atoms with Crippen LogP contribution in [-0.2, 0) is 7.05 Å². The zero-order chi connectivity index (χ0) is 23.5. The first kappa shape index (κ1) is 21.6. The van der Waals surface area contributed by atoms with Crippen LogP contribution < -0.4 is 5.32 Å². The van der Waals surface area contributed by atoms with Gasteiger partial charge in [0.15, 0.2) is 0 Å². The molecule has 3 heterocycles. The van der Waals surface area contributed by atoms with E-state index in [0.717, 1.165) is 5.69 Å². The number of rotatable bonds is 4. The number of nitrogens with zero attached hydrogens (tertiary/aromatic N) is 4. The van der Waals surface area contributed by atoms with E-state index >= 15 is 4.39 Å². The predicted octanol–water partition coefficient (Wildman–Crippen LogP) is 4.15. The Labute approximate surface area is 194 Å². The van der Waals surface area contributed by atoms with Gasteiger partial charge in [0.05, 0.1) is 17.6 Å². The summed E-state index contributed by atoms with van der Waals surface area (Å²) >= 11 is 6.63. The zero-order valence-corrected chi connectivity index (χ0v) is 19.2. The number of carbonyl (C=O) groups excluding carboxylic acids is 1. The molecule has 1 aliphatic rings. The van der Waals surface area contributed by atoms with E-state index in [4.69, 9.17) is 11.6 Å². The van der Waals surface area contributed by atoms with Gasteiger partial charge in [0.25, 0.3) is 5.91 Å². The van der Waals surface area contributed by atoms with Gasteiger partial charge in [0.1, 0.15) is 22.3 Å². The number of hydrogen-bond acceptors (Lipinski definition) is 4. The molecule has 9 heteroatoms. The summed E-state index contributed by atoms with van der Waals surface area (Å²) in [4.78, 5) is 21.7. The highest BCUT2D eigenvalue weighted by atomic mass is 35.5. The number of carbonyl (C=O) groups is 1. The molecule has 1 aromatic carbocycles. The van der Waals surface area contributed by atoms with E-state index in [-0.39, 0.29) is 28.4 Å². The molecule has 1 amide bonds. The van der Waals surface area contributed by atoms with Crippen molar-refractivity contribution in [3.05, 3.63) is 65.1 Å². The summed E-state index contributed by atoms with van der Waals surface area (Å²) in [5, 5.41) is 13.0. The standard InChI is InChI=1S/C24H23ClFN5O2/c1-13-20(27-12-30(13)3)16-5-4-6-17(26)19(16)21-22(25)31-8-7-14(9-18(31)29-21)23(32)28-15-10-24(2,33)11-15/h4-9,12,15,33H,10-11H2,1-3H3,(H,28,32). The summed E-state index contributed by atoms with van der Waals surface area (Å²) in [6.45, 7) is 3.66. The van der Waals surface area contributed by atoms with Crippen molar-refractivity contribution in [2.75, 3.05) is 0 Å². The van der Waals surface area contributed by atoms with Crippen molar-refractivity contribution >= 4 is 23.2 Å². The fourth-order valence-corrected chi connectivity index (χ4v) is 4.69. The molecule has 1 fully saturated rings. The van der Waals surface area contributed by atoms with Crippen LogP contribution in [0, 0.1) is 12.7 Å². The largest absolute Gasteiger partial charge is 0.390 e. The Morgan fingerprint density at radius 3 is 2.73 bits per heavy atom. The van der Waals surface area contributed by atoms with Crippen molar-refractivity contribution < 1.29 is 14.3 Å². The summed E-state index contributed by atoms with van der Waals surface area (Å²) in [7, 11) is 1.87. The minimum atomic E-state index is -0.725. The van der Waals surface area contributed by atoms with Gasteiger partial charge in [-0.15, -0.1) is 0 Å². The molecule has 1 saturated carbocycles. The molecule has 2 N–H and O–H groups in total. The molecule has 1 aliphatic carbocycles. The topological polar surface area (TPSA) is 84.4 Å². The molecule has 0 radical (unpaired) electrons. The van der Waals surface area contributed by atoms with Crippen LogP contribution in [0.15, 0.2) is 42.9 Å². The summed E-state index contributed by atoms with van der Waals surface area (Å²) in [6, 6.07) is 7.98. The summed E-state index contributed by atoms with van der Waals surface area (Å²) < 4.78 is 18.6. The predicted molar refractivity (Wildman–Crippen MR) is 124 cm³/mol. The van der Waals surface area contributed by atoms with Crippen LogP contribution in [-0.4, -0.2) is 41.6 Å². The second-order valence-electron chi connectivity index (χ2n) is 8.92. The van der Waals surface area contributed by atoms with E-state index < -0.39 is 11.4 Å². The second-order valence-corrected chi connectivity index (χ2v) is 9.28. The third kappa shape index (κ3) is 3.69. The van der Waals surface area contributed by atoms with Crippen molar-refractivity contribution in [3.63, 3.8) is 0 Å². The maximum Gasteiger partial charge on any atom is 0.251 e. The minimum absolute atomic E-state index is 0.0646. The molecule has 3 aromatic heterocycles. The maximum atomic E-state index is 15.1. The molecule has 0 unspecified atom stereocenters. The lowest BCUT2D eigenvalue weighted by Gasteiger charge is -2.41. The van der Waals surface area contributed by atoms with Gasteiger partial charge < -0.3 is 15.0 Å². The smallest absolute Gasteiger partial charge is 0.251 e. The minimum Gasteiger partial charge on any atom is -0.390 e. The highest BCUT2D eigenvalue weighted by Gasteiger charge is 2.39. The van der Waals surface area contributed by atoms with Crippen molar-refractivity contribution in [3.8, 4) is 22.5 Å². The summed E-state index contributed by atoms with van der Waals surface area (Å²) in [5.74, 6) is -0.716. The van der Waals surface area contributed by atoms with Gasteiger partial charge in [0, 0.05) is 41.7 Å². The van der Waals surface area contributed by atoms with Crippen molar-refractivity contribution in [2.24, 2.45) is 7.05 Å². The molecule has 170 valence electrons. The van der Waals surface area contributed by atoms with Crippen molar-refractivity contribution in [2.45, 2.75) is 38.3 Å². The highest BCUT2D eigenvalue weighted by Crippen LogP contribution is 2.38. The number of fused-ring (bicyclic) bond motifs is 1. The van der Waals surface area contributed by atoms with Crippen LogP contribution in [0.3, 0.4) is 0 Å². The molecule has 33 heavy (non-hydrogen) atoms. The fourth-order valence-electron chi connectivity index (χ4n) is 4.41. The first-order valence-electron chi connectivity index (χ1n) is 10.6. The number of amides is 1. The molecule has 0 bridgehead atoms. The Balaban J connectivity index is 1.55. The van der Waals surface area contributed by atoms with E-state index in [0.29, 0.717) is 35.3 Å². The van der Waals surface area contributed by atoms with E-state index in [9.17, 15) is 9.90 Å². The van der Waals surface area contributed by atoms with Crippen molar-refractivity contribution in [1.29, 1.82) is 0 Å². The molecule has 5 rings (SSSR count). The van der Waals surface area contributed by atoms with Gasteiger partial charge in [-0.05, 0) is 44.9 Å². The number of aliphatic hydroxyl groups is 1. The van der Waals surface area contributed by atoms with Gasteiger partial charge in [-0.25, -0.2) is 14.4 Å². The quantitative estimate of drug-likeness (QED) is 0.472. The first-order chi connectivity index (χ1) is 15.6. The van der Waals surface area contributed by atoms with E-state index in [1.807, 2.05) is 18.5 Å². The number of halogens is 2. The number of benzene rings is 1. The number of hydrogen-bond donors (Lipinski definition) is 2. The lowest BCUT2D eigenvalue weighted by atomic mass is 9.77. The van der Waals surface area contributed by atoms with Crippen LogP contribution >= 0.6 is 11.6 Å². The van der Waals surface area contributed by atoms with E-state index in [1.165, 1.54) is 6.07 Å². The average molecular weight is 468 g/mol. The van der Waals surface area contributed by atoms with Gasteiger partial charge in [0.2, 0.25) is 0 Å². The molecule has 0 saturated heterocycles. The SMILES string of the molecule is Cc1c(-c2cccc(F)c2-c2nc3cc(C(=O)NC4CC(C)(O)C4)ccn3c2Cl)ncn1C. The Kier molecular flexibility index (Phi) is 5.02. The Hall–Kier alpha value is -3.23. The Morgan fingerprint density at radius 2 is 2.06 bits per heavy atom. The van der Waals surface area contributed by atoms with Gasteiger partial charge in [-0.3, -0.25) is 9.20 Å². The van der Waals surface area contributed by atoms with Crippen LogP contribution in [0.25, 0.3) is 28.2 Å². The highest BCUT2D eigenvalue weighted by molar-refractivity contribution is 6.32. The summed E-state index contributed by atoms with van der Waals surface area (Å²) in [5.41, 5.74) is 2.78. The molecule has 4 aromatic rings. The van der Waals surface area contributed by atoms with Crippen LogP contribution in [0.4, 0.5) is 4.39 Å². The van der Waals surface area contributed by atoms with Crippen LogP contribution in [0.1, 0.15) is 35.8 Å². The third-order valence-electron chi connectivity index (χ3n) is 6.27.